The summed E-state index contributed by atoms with van der Waals surface area (Å²) in [5, 5.41) is 2.76. The zero-order chi connectivity index (χ0) is 21.8. The number of imidazole rings is 1. The van der Waals surface area contributed by atoms with Crippen LogP contribution in [0.5, 0.6) is 5.75 Å². The predicted molar refractivity (Wildman–Crippen MR) is 108 cm³/mol. The highest BCUT2D eigenvalue weighted by atomic mass is 19.1. The number of methoxy groups -OCH3 is 2. The molecule has 0 saturated carbocycles. The van der Waals surface area contributed by atoms with Crippen molar-refractivity contribution in [2.24, 2.45) is 5.92 Å². The van der Waals surface area contributed by atoms with Gasteiger partial charge in [-0.2, -0.15) is 0 Å². The first-order valence-electron chi connectivity index (χ1n) is 9.86. The first kappa shape index (κ1) is 21.6. The van der Waals surface area contributed by atoms with Crippen molar-refractivity contribution < 1.29 is 23.5 Å². The van der Waals surface area contributed by atoms with E-state index in [2.05, 4.69) is 15.3 Å². The number of carbonyl (C=O) groups excluding carboxylic acids is 2. The predicted octanol–water partition coefficient (Wildman–Crippen LogP) is 2.80. The molecule has 2 N–H and O–H groups in total. The van der Waals surface area contributed by atoms with E-state index in [1.165, 1.54) is 31.5 Å². The number of nitrogens with zero attached hydrogens (tertiary/aromatic N) is 2. The monoisotopic (exact) mass is 418 g/mol. The molecule has 2 heterocycles. The molecule has 3 rings (SSSR count). The number of halogens is 1. The second kappa shape index (κ2) is 9.15. The van der Waals surface area contributed by atoms with Crippen molar-refractivity contribution in [3.8, 4) is 5.75 Å². The zero-order valence-electron chi connectivity index (χ0n) is 17.6. The molecule has 2 atom stereocenters. The fourth-order valence-electron chi connectivity index (χ4n) is 3.73. The Balaban J connectivity index is 1.94. The largest absolute Gasteiger partial charge is 0.497 e. The van der Waals surface area contributed by atoms with Crippen molar-refractivity contribution in [2.75, 3.05) is 20.8 Å². The van der Waals surface area contributed by atoms with Crippen LogP contribution in [0, 0.1) is 11.7 Å². The molecule has 1 aliphatic heterocycles. The summed E-state index contributed by atoms with van der Waals surface area (Å²) in [5.74, 6) is -0.460. The second-order valence-electron chi connectivity index (χ2n) is 7.65. The lowest BCUT2D eigenvalue weighted by atomic mass is 9.95. The van der Waals surface area contributed by atoms with Crippen LogP contribution in [0.25, 0.3) is 0 Å². The zero-order valence-corrected chi connectivity index (χ0v) is 17.6. The molecule has 1 aromatic heterocycles. The van der Waals surface area contributed by atoms with Gasteiger partial charge in [0, 0.05) is 30.3 Å². The molecule has 1 aromatic carbocycles. The van der Waals surface area contributed by atoms with Gasteiger partial charge in [-0.25, -0.2) is 19.0 Å². The lowest BCUT2D eigenvalue weighted by molar-refractivity contribution is -0.143. The van der Waals surface area contributed by atoms with E-state index in [1.807, 2.05) is 13.8 Å². The summed E-state index contributed by atoms with van der Waals surface area (Å²) in [6.45, 7) is 4.25. The minimum absolute atomic E-state index is 0.170. The van der Waals surface area contributed by atoms with Gasteiger partial charge in [-0.1, -0.05) is 13.8 Å². The van der Waals surface area contributed by atoms with Gasteiger partial charge in [0.1, 0.15) is 23.7 Å². The highest BCUT2D eigenvalue weighted by Gasteiger charge is 2.37. The number of fused-ring (bicyclic) bond motifs is 1. The van der Waals surface area contributed by atoms with Crippen molar-refractivity contribution in [1.29, 1.82) is 0 Å². The summed E-state index contributed by atoms with van der Waals surface area (Å²) < 4.78 is 24.9. The smallest absolute Gasteiger partial charge is 0.328 e. The molecule has 0 aliphatic carbocycles. The number of rotatable bonds is 6. The molecule has 9 heteroatoms. The molecule has 2 amide bonds. The Morgan fingerprint density at radius 2 is 2.13 bits per heavy atom. The summed E-state index contributed by atoms with van der Waals surface area (Å²) in [7, 11) is 2.75. The normalized spacial score (nSPS) is 16.7. The fourth-order valence-corrected chi connectivity index (χ4v) is 3.73. The number of urea groups is 1. The molecular weight excluding hydrogens is 391 g/mol. The van der Waals surface area contributed by atoms with E-state index in [0.717, 1.165) is 5.69 Å². The number of H-pyrrole nitrogens is 1. The van der Waals surface area contributed by atoms with E-state index in [1.54, 1.807) is 12.1 Å². The Labute approximate surface area is 174 Å². The van der Waals surface area contributed by atoms with Crippen LogP contribution >= 0.6 is 0 Å². The SMILES string of the molecule is COC(=O)[C@@H](CC(C)C)NC(=O)N1CCc2[nH]cnc2C1c1ccc(OC)cc1F. The number of nitrogens with one attached hydrogen (secondary N) is 2. The van der Waals surface area contributed by atoms with Crippen molar-refractivity contribution in [2.45, 2.75) is 38.8 Å². The van der Waals surface area contributed by atoms with E-state index in [-0.39, 0.29) is 5.92 Å². The standard InChI is InChI=1S/C21H27FN4O4/c1-12(2)9-17(20(27)30-4)25-21(28)26-8-7-16-18(24-11-23-16)19(26)14-6-5-13(29-3)10-15(14)22/h5-6,10-12,17,19H,7-9H2,1-4H3,(H,23,24)(H,25,28)/t17-,19?/m1/s1. The summed E-state index contributed by atoms with van der Waals surface area (Å²) in [4.78, 5) is 34.2. The number of hydrogen-bond donors (Lipinski definition) is 2. The van der Waals surface area contributed by atoms with Crippen molar-refractivity contribution >= 4 is 12.0 Å². The van der Waals surface area contributed by atoms with Crippen LogP contribution in [0.15, 0.2) is 24.5 Å². The van der Waals surface area contributed by atoms with Crippen molar-refractivity contribution in [3.05, 3.63) is 47.3 Å². The minimum Gasteiger partial charge on any atom is -0.497 e. The topological polar surface area (TPSA) is 96.6 Å². The van der Waals surface area contributed by atoms with Crippen molar-refractivity contribution in [1.82, 2.24) is 20.2 Å². The molecule has 30 heavy (non-hydrogen) atoms. The number of carbonyl (C=O) groups is 2. The van der Waals surface area contributed by atoms with Gasteiger partial charge in [-0.3, -0.25) is 0 Å². The van der Waals surface area contributed by atoms with Gasteiger partial charge < -0.3 is 24.7 Å². The Bertz CT molecular complexity index is 914. The minimum atomic E-state index is -0.788. The third kappa shape index (κ3) is 4.39. The molecule has 0 spiro atoms. The lowest BCUT2D eigenvalue weighted by Gasteiger charge is -2.36. The van der Waals surface area contributed by atoms with Crippen LogP contribution in [-0.4, -0.2) is 53.7 Å². The summed E-state index contributed by atoms with van der Waals surface area (Å²) >= 11 is 0. The number of aromatic amines is 1. The molecule has 1 aliphatic rings. The molecule has 0 radical (unpaired) electrons. The Kier molecular flexibility index (Phi) is 6.59. The number of ether oxygens (including phenoxy) is 2. The maximum atomic E-state index is 14.9. The highest BCUT2D eigenvalue weighted by molar-refractivity contribution is 5.84. The average molecular weight is 418 g/mol. The van der Waals surface area contributed by atoms with Crippen LogP contribution in [0.2, 0.25) is 0 Å². The molecule has 0 bridgehead atoms. The van der Waals surface area contributed by atoms with Gasteiger partial charge in [-0.15, -0.1) is 0 Å². The third-order valence-electron chi connectivity index (χ3n) is 5.18. The van der Waals surface area contributed by atoms with Crippen LogP contribution in [0.1, 0.15) is 43.3 Å². The number of benzene rings is 1. The second-order valence-corrected chi connectivity index (χ2v) is 7.65. The Morgan fingerprint density at radius 1 is 1.37 bits per heavy atom. The van der Waals surface area contributed by atoms with E-state index >= 15 is 0 Å². The fraction of sp³-hybridized carbons (Fsp3) is 0.476. The summed E-state index contributed by atoms with van der Waals surface area (Å²) in [5.41, 5.74) is 1.74. The van der Waals surface area contributed by atoms with E-state index in [0.29, 0.717) is 36.4 Å². The number of amides is 2. The van der Waals surface area contributed by atoms with E-state index in [4.69, 9.17) is 9.47 Å². The summed E-state index contributed by atoms with van der Waals surface area (Å²) in [6, 6.07) is 2.52. The third-order valence-corrected chi connectivity index (χ3v) is 5.18. The first-order chi connectivity index (χ1) is 14.3. The highest BCUT2D eigenvalue weighted by Crippen LogP contribution is 2.35. The van der Waals surface area contributed by atoms with E-state index < -0.39 is 29.9 Å². The van der Waals surface area contributed by atoms with Crippen LogP contribution in [0.4, 0.5) is 9.18 Å². The summed E-state index contributed by atoms with van der Waals surface area (Å²) in [6.07, 6.45) is 2.52. The maximum absolute atomic E-state index is 14.9. The molecular formula is C21H27FN4O4. The van der Waals surface area contributed by atoms with Gasteiger partial charge >= 0.3 is 12.0 Å². The molecule has 0 fully saturated rings. The van der Waals surface area contributed by atoms with Gasteiger partial charge in [0.2, 0.25) is 0 Å². The quantitative estimate of drug-likeness (QED) is 0.704. The molecule has 2 aromatic rings. The first-order valence-corrected chi connectivity index (χ1v) is 9.86. The number of hydrogen-bond acceptors (Lipinski definition) is 5. The van der Waals surface area contributed by atoms with Crippen LogP contribution in [0.3, 0.4) is 0 Å². The van der Waals surface area contributed by atoms with Crippen molar-refractivity contribution in [3.63, 3.8) is 0 Å². The maximum Gasteiger partial charge on any atom is 0.328 e. The van der Waals surface area contributed by atoms with Gasteiger partial charge in [0.15, 0.2) is 0 Å². The molecule has 1 unspecified atom stereocenters. The van der Waals surface area contributed by atoms with Crippen LogP contribution < -0.4 is 10.1 Å². The lowest BCUT2D eigenvalue weighted by Crippen LogP contribution is -2.51. The molecule has 162 valence electrons. The number of aromatic nitrogens is 2. The average Bonchev–Trinajstić information content (AvgIpc) is 3.20. The Hall–Kier alpha value is -3.10. The van der Waals surface area contributed by atoms with Gasteiger partial charge in [-0.05, 0) is 24.5 Å². The van der Waals surface area contributed by atoms with Crippen LogP contribution in [-0.2, 0) is 16.0 Å². The van der Waals surface area contributed by atoms with E-state index in [9.17, 15) is 14.0 Å². The molecule has 0 saturated heterocycles. The van der Waals surface area contributed by atoms with Gasteiger partial charge in [0.05, 0.1) is 26.2 Å². The number of esters is 1. The molecule has 8 nitrogen and oxygen atoms in total. The van der Waals surface area contributed by atoms with Gasteiger partial charge in [0.25, 0.3) is 0 Å². The Morgan fingerprint density at radius 3 is 2.77 bits per heavy atom.